The molecule has 0 N–H and O–H groups in total. The van der Waals surface area contributed by atoms with Crippen LogP contribution in [0.25, 0.3) is 0 Å². The lowest BCUT2D eigenvalue weighted by Gasteiger charge is -2.32. The second kappa shape index (κ2) is 10.7. The van der Waals surface area contributed by atoms with E-state index in [1.807, 2.05) is 0 Å². The zero-order valence-corrected chi connectivity index (χ0v) is 19.0. The molecule has 4 heteroatoms. The van der Waals surface area contributed by atoms with E-state index in [4.69, 9.17) is 18.9 Å². The van der Waals surface area contributed by atoms with Crippen LogP contribution in [0.5, 0.6) is 11.5 Å². The minimum absolute atomic E-state index is 0.505. The lowest BCUT2D eigenvalue weighted by atomic mass is 9.84. The largest absolute Gasteiger partial charge is 0.458 e. The van der Waals surface area contributed by atoms with Crippen LogP contribution in [0.1, 0.15) is 87.2 Å². The Labute approximate surface area is 192 Å². The van der Waals surface area contributed by atoms with Crippen LogP contribution >= 0.6 is 0 Å². The molecule has 2 aliphatic carbocycles. The van der Waals surface area contributed by atoms with Crippen molar-refractivity contribution in [3.8, 4) is 11.5 Å². The first kappa shape index (κ1) is 21.8. The molecule has 2 atom stereocenters. The third-order valence-electron chi connectivity index (χ3n) is 7.29. The van der Waals surface area contributed by atoms with Crippen molar-refractivity contribution in [3.05, 3.63) is 59.7 Å². The molecule has 172 valence electrons. The van der Waals surface area contributed by atoms with Crippen LogP contribution < -0.4 is 9.47 Å². The lowest BCUT2D eigenvalue weighted by molar-refractivity contribution is -0.271. The summed E-state index contributed by atoms with van der Waals surface area (Å²) in [7, 11) is 0. The van der Waals surface area contributed by atoms with Gasteiger partial charge in [0.05, 0.1) is 13.2 Å². The first-order valence-electron chi connectivity index (χ1n) is 12.6. The van der Waals surface area contributed by atoms with Crippen molar-refractivity contribution >= 4 is 0 Å². The minimum Gasteiger partial charge on any atom is -0.458 e. The van der Waals surface area contributed by atoms with Crippen molar-refractivity contribution in [3.63, 3.8) is 0 Å². The van der Waals surface area contributed by atoms with Crippen LogP contribution in [-0.2, 0) is 9.47 Å². The van der Waals surface area contributed by atoms with Crippen molar-refractivity contribution in [1.29, 1.82) is 0 Å². The molecule has 2 aromatic rings. The molecule has 3 fully saturated rings. The van der Waals surface area contributed by atoms with Crippen LogP contribution in [0, 0.1) is 0 Å². The zero-order chi connectivity index (χ0) is 21.6. The van der Waals surface area contributed by atoms with Gasteiger partial charge < -0.3 is 18.9 Å². The van der Waals surface area contributed by atoms with E-state index < -0.39 is 12.6 Å². The molecule has 0 radical (unpaired) electrons. The Hall–Kier alpha value is -2.04. The molecule has 5 rings (SSSR count). The van der Waals surface area contributed by atoms with Crippen molar-refractivity contribution in [1.82, 2.24) is 0 Å². The van der Waals surface area contributed by atoms with E-state index in [0.29, 0.717) is 25.0 Å². The number of hydrogen-bond donors (Lipinski definition) is 0. The van der Waals surface area contributed by atoms with Crippen molar-refractivity contribution in [2.45, 2.75) is 88.6 Å². The van der Waals surface area contributed by atoms with Crippen molar-refractivity contribution < 1.29 is 18.9 Å². The molecule has 32 heavy (non-hydrogen) atoms. The Morgan fingerprint density at radius 2 is 0.875 bits per heavy atom. The van der Waals surface area contributed by atoms with Gasteiger partial charge in [-0.1, -0.05) is 62.8 Å². The summed E-state index contributed by atoms with van der Waals surface area (Å²) in [6, 6.07) is 17.0. The Morgan fingerprint density at radius 1 is 0.500 bits per heavy atom. The van der Waals surface area contributed by atoms with Crippen LogP contribution in [0.4, 0.5) is 0 Å². The second-order valence-electron chi connectivity index (χ2n) is 9.52. The van der Waals surface area contributed by atoms with Gasteiger partial charge in [0, 0.05) is 0 Å². The van der Waals surface area contributed by atoms with E-state index in [1.54, 1.807) is 0 Å². The summed E-state index contributed by atoms with van der Waals surface area (Å²) in [6.45, 7) is 1.01. The van der Waals surface area contributed by atoms with Gasteiger partial charge in [-0.15, -0.1) is 0 Å². The summed E-state index contributed by atoms with van der Waals surface area (Å²) in [5.41, 5.74) is 2.84. The SMILES string of the molecule is c1cc(C2CCCCC2)ccc1O[C@H]1OCCO[C@H]1Oc1ccc(C2CCCCC2)cc1. The van der Waals surface area contributed by atoms with Crippen molar-refractivity contribution in [2.75, 3.05) is 13.2 Å². The number of ether oxygens (including phenoxy) is 4. The molecule has 3 aliphatic rings. The van der Waals surface area contributed by atoms with E-state index in [1.165, 1.54) is 75.3 Å². The van der Waals surface area contributed by atoms with Crippen LogP contribution in [0.15, 0.2) is 48.5 Å². The molecular weight excluding hydrogens is 400 g/mol. The maximum atomic E-state index is 6.13. The average Bonchev–Trinajstić information content (AvgIpc) is 2.87. The highest BCUT2D eigenvalue weighted by atomic mass is 16.8. The fourth-order valence-electron chi connectivity index (χ4n) is 5.44. The molecular formula is C28H36O4. The maximum absolute atomic E-state index is 6.13. The highest BCUT2D eigenvalue weighted by Gasteiger charge is 2.31. The number of rotatable bonds is 6. The van der Waals surface area contributed by atoms with E-state index in [-0.39, 0.29) is 0 Å². The topological polar surface area (TPSA) is 36.9 Å². The molecule has 0 spiro atoms. The number of hydrogen-bond acceptors (Lipinski definition) is 4. The Bertz CT molecular complexity index is 748. The van der Waals surface area contributed by atoms with Gasteiger partial charge in [0.1, 0.15) is 11.5 Å². The smallest absolute Gasteiger partial charge is 0.263 e. The molecule has 1 heterocycles. The van der Waals surface area contributed by atoms with Crippen molar-refractivity contribution in [2.24, 2.45) is 0 Å². The van der Waals surface area contributed by atoms with Gasteiger partial charge >= 0.3 is 0 Å². The van der Waals surface area contributed by atoms with E-state index in [0.717, 1.165) is 11.5 Å². The van der Waals surface area contributed by atoms with Crippen LogP contribution in [0.3, 0.4) is 0 Å². The van der Waals surface area contributed by atoms with E-state index in [2.05, 4.69) is 48.5 Å². The summed E-state index contributed by atoms with van der Waals surface area (Å²) < 4.78 is 24.0. The lowest BCUT2D eigenvalue weighted by Crippen LogP contribution is -2.45. The van der Waals surface area contributed by atoms with E-state index >= 15 is 0 Å². The van der Waals surface area contributed by atoms with Gasteiger partial charge in [0.15, 0.2) is 0 Å². The Kier molecular flexibility index (Phi) is 7.30. The quantitative estimate of drug-likeness (QED) is 0.491. The van der Waals surface area contributed by atoms with Crippen LogP contribution in [0.2, 0.25) is 0 Å². The highest BCUT2D eigenvalue weighted by molar-refractivity contribution is 5.31. The molecule has 0 bridgehead atoms. The minimum atomic E-state index is -0.581. The molecule has 0 amide bonds. The third-order valence-corrected chi connectivity index (χ3v) is 7.29. The second-order valence-corrected chi connectivity index (χ2v) is 9.52. The average molecular weight is 437 g/mol. The van der Waals surface area contributed by atoms with Gasteiger partial charge in [-0.25, -0.2) is 0 Å². The highest BCUT2D eigenvalue weighted by Crippen LogP contribution is 2.35. The summed E-state index contributed by atoms with van der Waals surface area (Å²) in [6.07, 6.45) is 12.2. The van der Waals surface area contributed by atoms with Gasteiger partial charge in [-0.05, 0) is 72.9 Å². The maximum Gasteiger partial charge on any atom is 0.263 e. The summed E-state index contributed by atoms with van der Waals surface area (Å²) >= 11 is 0. The zero-order valence-electron chi connectivity index (χ0n) is 19.0. The van der Waals surface area contributed by atoms with Crippen LogP contribution in [-0.4, -0.2) is 25.8 Å². The van der Waals surface area contributed by atoms with Gasteiger partial charge in [-0.2, -0.15) is 0 Å². The monoisotopic (exact) mass is 436 g/mol. The molecule has 1 saturated heterocycles. The molecule has 4 nitrogen and oxygen atoms in total. The molecule has 0 aromatic heterocycles. The predicted octanol–water partition coefficient (Wildman–Crippen LogP) is 6.94. The summed E-state index contributed by atoms with van der Waals surface area (Å²) in [5, 5.41) is 0. The predicted molar refractivity (Wildman–Crippen MR) is 125 cm³/mol. The Balaban J connectivity index is 1.19. The third kappa shape index (κ3) is 5.47. The molecule has 2 aromatic carbocycles. The normalized spacial score (nSPS) is 25.4. The van der Waals surface area contributed by atoms with Gasteiger partial charge in [0.2, 0.25) is 0 Å². The molecule has 0 unspecified atom stereocenters. The standard InChI is InChI=1S/C28H36O4/c1-3-7-21(8-4-1)23-11-15-25(16-12-23)31-27-28(30-20-19-29-27)32-26-17-13-24(14-18-26)22-9-5-2-6-10-22/h11-18,21-22,27-28H,1-10,19-20H2/t27-,28+. The fraction of sp³-hybridized carbons (Fsp3) is 0.571. The fourth-order valence-corrected chi connectivity index (χ4v) is 5.44. The van der Waals surface area contributed by atoms with E-state index in [9.17, 15) is 0 Å². The van der Waals surface area contributed by atoms with Gasteiger partial charge in [-0.3, -0.25) is 0 Å². The first-order valence-corrected chi connectivity index (χ1v) is 12.6. The molecule has 1 aliphatic heterocycles. The summed E-state index contributed by atoms with van der Waals surface area (Å²) in [5.74, 6) is 2.97. The number of benzene rings is 2. The first-order chi connectivity index (χ1) is 15.8. The Morgan fingerprint density at radius 3 is 1.25 bits per heavy atom. The summed E-state index contributed by atoms with van der Waals surface area (Å²) in [4.78, 5) is 0. The van der Waals surface area contributed by atoms with Gasteiger partial charge in [0.25, 0.3) is 12.6 Å². The molecule has 2 saturated carbocycles.